The molecule has 2 saturated carbocycles. The second-order valence-electron chi connectivity index (χ2n) is 11.5. The fourth-order valence-corrected chi connectivity index (χ4v) is 5.81. The summed E-state index contributed by atoms with van der Waals surface area (Å²) < 4.78 is 61.1. The van der Waals surface area contributed by atoms with E-state index in [1.807, 2.05) is 4.90 Å². The summed E-state index contributed by atoms with van der Waals surface area (Å²) in [6, 6.07) is 6.55. The number of carbonyl (C=O) groups is 1. The minimum atomic E-state index is -3.37. The van der Waals surface area contributed by atoms with Gasteiger partial charge in [-0.3, -0.25) is 9.36 Å². The van der Waals surface area contributed by atoms with E-state index in [4.69, 9.17) is 9.72 Å². The van der Waals surface area contributed by atoms with Crippen molar-refractivity contribution in [3.63, 3.8) is 0 Å². The molecule has 1 aromatic carbocycles. The second-order valence-corrected chi connectivity index (χ2v) is 11.5. The Balaban J connectivity index is 1.27. The first-order valence-corrected chi connectivity index (χ1v) is 14.2. The zero-order valence-electron chi connectivity index (χ0n) is 24.1. The van der Waals surface area contributed by atoms with Gasteiger partial charge in [0, 0.05) is 38.2 Å². The molecule has 0 saturated heterocycles. The van der Waals surface area contributed by atoms with Crippen molar-refractivity contribution in [2.45, 2.75) is 63.1 Å². The first kappa shape index (κ1) is 28.2. The van der Waals surface area contributed by atoms with Gasteiger partial charge in [-0.1, -0.05) is 24.3 Å². The molecular weight excluding hydrogens is 580 g/mol. The quantitative estimate of drug-likeness (QED) is 0.235. The number of methoxy groups -OCH3 is 1. The smallest absolute Gasteiger partial charge is 0.320 e. The van der Waals surface area contributed by atoms with Crippen molar-refractivity contribution in [2.75, 3.05) is 24.0 Å². The summed E-state index contributed by atoms with van der Waals surface area (Å²) >= 11 is 0. The number of alkyl halides is 4. The molecule has 7 rings (SSSR count). The van der Waals surface area contributed by atoms with Crippen molar-refractivity contribution in [1.29, 1.82) is 0 Å². The molecule has 3 aliphatic rings. The highest BCUT2D eigenvalue weighted by molar-refractivity contribution is 6.09. The van der Waals surface area contributed by atoms with Crippen molar-refractivity contribution in [2.24, 2.45) is 0 Å². The number of halogens is 4. The predicted octanol–water partition coefficient (Wildman–Crippen LogP) is 5.71. The van der Waals surface area contributed by atoms with Gasteiger partial charge in [0.25, 0.3) is 11.8 Å². The maximum atomic E-state index is 13.9. The lowest BCUT2D eigenvalue weighted by molar-refractivity contribution is -0.120. The lowest BCUT2D eigenvalue weighted by atomic mass is 10.0. The molecule has 0 atom stereocenters. The molecule has 1 amide bonds. The molecule has 0 unspecified atom stereocenters. The molecule has 10 nitrogen and oxygen atoms in total. The van der Waals surface area contributed by atoms with Crippen molar-refractivity contribution in [3.8, 4) is 28.7 Å². The van der Waals surface area contributed by atoms with E-state index in [2.05, 4.69) is 19.9 Å². The zero-order chi connectivity index (χ0) is 31.0. The Kier molecular flexibility index (Phi) is 6.38. The molecular formula is C30H28F4N8O2. The molecule has 4 aromatic rings. The van der Waals surface area contributed by atoms with Gasteiger partial charge < -0.3 is 14.5 Å². The summed E-state index contributed by atoms with van der Waals surface area (Å²) in [5.74, 6) is -2.09. The highest BCUT2D eigenvalue weighted by Gasteiger charge is 2.59. The summed E-state index contributed by atoms with van der Waals surface area (Å²) in [6.45, 7) is -2.15. The molecule has 0 radical (unpaired) electrons. The molecule has 3 aromatic heterocycles. The number of anilines is 2. The predicted molar refractivity (Wildman–Crippen MR) is 152 cm³/mol. The first-order valence-electron chi connectivity index (χ1n) is 14.2. The van der Waals surface area contributed by atoms with E-state index in [1.54, 1.807) is 42.4 Å². The number of fused-ring (bicyclic) bond motifs is 1. The average molecular weight is 609 g/mol. The monoisotopic (exact) mass is 608 g/mol. The van der Waals surface area contributed by atoms with Crippen LogP contribution in [0.15, 0.2) is 43.0 Å². The van der Waals surface area contributed by atoms with Gasteiger partial charge in [-0.05, 0) is 31.2 Å². The molecule has 2 fully saturated rings. The highest BCUT2D eigenvalue weighted by Crippen LogP contribution is 2.52. The number of nitrogens with zero attached hydrogens (tertiary/aromatic N) is 8. The Morgan fingerprint density at radius 3 is 2.43 bits per heavy atom. The molecule has 2 aliphatic carbocycles. The Labute approximate surface area is 249 Å². The standard InChI is InChI=1S/C30H28F4N8O2/c1-29(33,34)20-14-41(28(31)32)24(38-20)18-6-4-16(5-7-18)13-42-25-19(40(2)27(43)30(42)10-11-30)12-35-23(39-25)21-22(17-8-9-17)36-15-37-26(21)44-3/h4-7,12,14-15,17,28H,8-11,13H2,1-3H3. The number of aromatic nitrogens is 6. The maximum absolute atomic E-state index is 13.9. The number of carbonyl (C=O) groups excluding carboxylic acids is 1. The van der Waals surface area contributed by atoms with Crippen molar-refractivity contribution in [3.05, 3.63) is 59.9 Å². The van der Waals surface area contributed by atoms with Gasteiger partial charge >= 0.3 is 6.55 Å². The van der Waals surface area contributed by atoms with E-state index < -0.39 is 23.7 Å². The van der Waals surface area contributed by atoms with Crippen molar-refractivity contribution < 1.29 is 27.1 Å². The van der Waals surface area contributed by atoms with Gasteiger partial charge in [0.2, 0.25) is 5.88 Å². The van der Waals surface area contributed by atoms with E-state index in [9.17, 15) is 22.4 Å². The van der Waals surface area contributed by atoms with Gasteiger partial charge in [-0.15, -0.1) is 0 Å². The third kappa shape index (κ3) is 4.54. The van der Waals surface area contributed by atoms with Gasteiger partial charge in [-0.2, -0.15) is 17.6 Å². The molecule has 14 heteroatoms. The Morgan fingerprint density at radius 1 is 1.09 bits per heavy atom. The number of likely N-dealkylation sites (N-methyl/N-ethyl adjacent to an activating group) is 1. The fourth-order valence-electron chi connectivity index (χ4n) is 5.81. The van der Waals surface area contributed by atoms with Gasteiger partial charge in [0.1, 0.15) is 34.6 Å². The number of ether oxygens (including phenoxy) is 1. The topological polar surface area (TPSA) is 102 Å². The number of imidazole rings is 1. The number of rotatable bonds is 8. The van der Waals surface area contributed by atoms with E-state index in [0.717, 1.165) is 24.1 Å². The van der Waals surface area contributed by atoms with Crippen LogP contribution in [0.25, 0.3) is 22.8 Å². The minimum absolute atomic E-state index is 0.0655. The third-order valence-electron chi connectivity index (χ3n) is 8.48. The maximum Gasteiger partial charge on any atom is 0.320 e. The zero-order valence-corrected chi connectivity index (χ0v) is 24.1. The van der Waals surface area contributed by atoms with Crippen LogP contribution in [0, 0.1) is 0 Å². The lowest BCUT2D eigenvalue weighted by Gasteiger charge is -2.41. The van der Waals surface area contributed by atoms with Gasteiger partial charge in [0.05, 0.1) is 19.0 Å². The van der Waals surface area contributed by atoms with Crippen LogP contribution in [0.5, 0.6) is 5.88 Å². The van der Waals surface area contributed by atoms with Crippen LogP contribution in [0.3, 0.4) is 0 Å². The number of hydrogen-bond donors (Lipinski definition) is 0. The van der Waals surface area contributed by atoms with E-state index in [1.165, 1.54) is 13.4 Å². The van der Waals surface area contributed by atoms with Crippen LogP contribution >= 0.6 is 0 Å². The number of amides is 1. The summed E-state index contributed by atoms with van der Waals surface area (Å²) in [4.78, 5) is 39.3. The third-order valence-corrected chi connectivity index (χ3v) is 8.48. The summed E-state index contributed by atoms with van der Waals surface area (Å²) in [5.41, 5.74) is 1.50. The van der Waals surface area contributed by atoms with Crippen LogP contribution in [-0.4, -0.2) is 55.1 Å². The molecule has 1 aliphatic heterocycles. The van der Waals surface area contributed by atoms with Crippen LogP contribution in [0.2, 0.25) is 0 Å². The van der Waals surface area contributed by atoms with E-state index >= 15 is 0 Å². The second kappa shape index (κ2) is 9.96. The van der Waals surface area contributed by atoms with Gasteiger partial charge in [-0.25, -0.2) is 24.9 Å². The summed E-state index contributed by atoms with van der Waals surface area (Å²) in [7, 11) is 3.24. The number of benzene rings is 1. The van der Waals surface area contributed by atoms with E-state index in [-0.39, 0.29) is 29.8 Å². The molecule has 1 spiro atoms. The highest BCUT2D eigenvalue weighted by atomic mass is 19.3. The lowest BCUT2D eigenvalue weighted by Crippen LogP contribution is -2.54. The Hall–Kier alpha value is -4.62. The summed E-state index contributed by atoms with van der Waals surface area (Å²) in [6.07, 6.45) is 7.04. The number of hydrogen-bond acceptors (Lipinski definition) is 8. The Bertz CT molecular complexity index is 1760. The normalized spacial score (nSPS) is 17.4. The minimum Gasteiger partial charge on any atom is -0.480 e. The van der Waals surface area contributed by atoms with Crippen molar-refractivity contribution >= 4 is 17.4 Å². The summed E-state index contributed by atoms with van der Waals surface area (Å²) in [5, 5.41) is 0. The fraction of sp³-hybridized carbons (Fsp3) is 0.400. The molecule has 44 heavy (non-hydrogen) atoms. The van der Waals surface area contributed by atoms with Crippen LogP contribution < -0.4 is 14.5 Å². The molecule has 0 bridgehead atoms. The molecule has 4 heterocycles. The molecule has 228 valence electrons. The van der Waals surface area contributed by atoms with Crippen molar-refractivity contribution in [1.82, 2.24) is 29.5 Å². The average Bonchev–Trinajstić information content (AvgIpc) is 3.95. The largest absolute Gasteiger partial charge is 0.480 e. The van der Waals surface area contributed by atoms with Gasteiger partial charge in [0.15, 0.2) is 11.6 Å². The Morgan fingerprint density at radius 2 is 1.82 bits per heavy atom. The van der Waals surface area contributed by atoms with Crippen LogP contribution in [0.4, 0.5) is 29.1 Å². The molecule has 0 N–H and O–H groups in total. The van der Waals surface area contributed by atoms with Crippen LogP contribution in [0.1, 0.15) is 62.0 Å². The SMILES string of the molecule is COc1ncnc(C2CC2)c1-c1ncc2c(n1)N(Cc1ccc(-c3nc(C(C)(F)F)cn3C(F)F)cc1)C1(CC1)C(=O)N2C. The first-order chi connectivity index (χ1) is 21.0. The van der Waals surface area contributed by atoms with E-state index in [0.29, 0.717) is 59.3 Å². The van der Waals surface area contributed by atoms with Crippen LogP contribution in [-0.2, 0) is 17.3 Å².